The number of hydrogen-bond donors (Lipinski definition) is 0. The van der Waals surface area contributed by atoms with Gasteiger partial charge in [-0.3, -0.25) is 4.79 Å². The molecule has 1 aromatic heterocycles. The van der Waals surface area contributed by atoms with E-state index in [1.165, 1.54) is 19.2 Å². The number of carbonyl (C=O) groups is 1. The second kappa shape index (κ2) is 9.09. The van der Waals surface area contributed by atoms with Gasteiger partial charge in [0.25, 0.3) is 5.91 Å². The van der Waals surface area contributed by atoms with Gasteiger partial charge in [-0.25, -0.2) is 9.37 Å². The smallest absolute Gasteiger partial charge is 0.258 e. The number of aromatic nitrogens is 2. The average molecular weight is 416 g/mol. The van der Waals surface area contributed by atoms with Gasteiger partial charge in [-0.15, -0.1) is 6.58 Å². The summed E-state index contributed by atoms with van der Waals surface area (Å²) in [6, 6.07) is 9.43. The minimum Gasteiger partial charge on any atom is -0.496 e. The molecule has 0 radical (unpaired) electrons. The van der Waals surface area contributed by atoms with Crippen LogP contribution in [0.5, 0.6) is 5.75 Å². The number of imidazole rings is 1. The topological polar surface area (TPSA) is 47.4 Å². The number of halogens is 2. The average Bonchev–Trinajstić information content (AvgIpc) is 3.04. The highest BCUT2D eigenvalue weighted by atomic mass is 35.5. The lowest BCUT2D eigenvalue weighted by Gasteiger charge is -2.22. The van der Waals surface area contributed by atoms with Crippen molar-refractivity contribution in [2.24, 2.45) is 0 Å². The molecule has 0 aliphatic heterocycles. The minimum atomic E-state index is -0.316. The molecule has 0 N–H and O–H groups in total. The highest BCUT2D eigenvalue weighted by Crippen LogP contribution is 2.25. The van der Waals surface area contributed by atoms with E-state index in [1.807, 2.05) is 11.5 Å². The first-order valence-electron chi connectivity index (χ1n) is 9.36. The van der Waals surface area contributed by atoms with Crippen LogP contribution in [0, 0.1) is 5.82 Å². The predicted molar refractivity (Wildman–Crippen MR) is 113 cm³/mol. The number of rotatable bonds is 8. The number of amides is 1. The van der Waals surface area contributed by atoms with Gasteiger partial charge in [0.15, 0.2) is 0 Å². The summed E-state index contributed by atoms with van der Waals surface area (Å²) in [4.78, 5) is 19.5. The number of carbonyl (C=O) groups excluding carboxylic acids is 1. The van der Waals surface area contributed by atoms with Crippen molar-refractivity contribution in [3.8, 4) is 5.75 Å². The fourth-order valence-electron chi connectivity index (χ4n) is 3.30. The Balaban J connectivity index is 2.01. The van der Waals surface area contributed by atoms with Gasteiger partial charge in [-0.05, 0) is 42.8 Å². The molecule has 0 fully saturated rings. The summed E-state index contributed by atoms with van der Waals surface area (Å²) in [7, 11) is 1.51. The molecule has 0 saturated heterocycles. The highest BCUT2D eigenvalue weighted by Gasteiger charge is 2.22. The molecule has 29 heavy (non-hydrogen) atoms. The van der Waals surface area contributed by atoms with Crippen molar-refractivity contribution in [3.05, 3.63) is 71.3 Å². The fourth-order valence-corrected chi connectivity index (χ4v) is 3.48. The number of ether oxygens (including phenoxy) is 1. The molecule has 0 aliphatic carbocycles. The van der Waals surface area contributed by atoms with Gasteiger partial charge < -0.3 is 14.2 Å². The van der Waals surface area contributed by atoms with Crippen molar-refractivity contribution in [1.82, 2.24) is 14.5 Å². The molecule has 0 aliphatic rings. The fraction of sp³-hybridized carbons (Fsp3) is 0.273. The van der Waals surface area contributed by atoms with Gasteiger partial charge >= 0.3 is 0 Å². The zero-order chi connectivity index (χ0) is 21.0. The molecule has 7 heteroatoms. The zero-order valence-electron chi connectivity index (χ0n) is 16.5. The van der Waals surface area contributed by atoms with Crippen molar-refractivity contribution in [2.45, 2.75) is 26.4 Å². The van der Waals surface area contributed by atoms with Crippen molar-refractivity contribution in [1.29, 1.82) is 0 Å². The van der Waals surface area contributed by atoms with Crippen LogP contribution in [0.1, 0.15) is 29.5 Å². The Hall–Kier alpha value is -2.86. The third-order valence-electron chi connectivity index (χ3n) is 4.60. The lowest BCUT2D eigenvalue weighted by atomic mass is 10.1. The summed E-state index contributed by atoms with van der Waals surface area (Å²) in [5, 5.41) is 0.446. The molecule has 2 aromatic carbocycles. The van der Waals surface area contributed by atoms with E-state index in [-0.39, 0.29) is 18.3 Å². The number of fused-ring (bicyclic) bond motifs is 1. The van der Waals surface area contributed by atoms with E-state index in [9.17, 15) is 9.18 Å². The number of aryl methyl sites for hydroxylation is 1. The molecule has 1 amide bonds. The minimum absolute atomic E-state index is 0.245. The van der Waals surface area contributed by atoms with E-state index >= 15 is 0 Å². The standard InChI is InChI=1S/C22H23ClFN3O2/c1-4-10-26(22(28)17-12-15(23)6-9-20(17)29-3)14-21-25-18-8-7-16(24)13-19(18)27(21)11-5-2/h4,6-9,12-13H,1,5,10-11,14H2,2-3H3. The lowest BCUT2D eigenvalue weighted by molar-refractivity contribution is 0.0754. The Morgan fingerprint density at radius 1 is 1.34 bits per heavy atom. The Morgan fingerprint density at radius 2 is 2.14 bits per heavy atom. The number of nitrogens with zero attached hydrogens (tertiary/aromatic N) is 3. The first-order chi connectivity index (χ1) is 14.0. The van der Waals surface area contributed by atoms with Gasteiger partial charge in [0.1, 0.15) is 17.4 Å². The molecule has 0 spiro atoms. The van der Waals surface area contributed by atoms with E-state index < -0.39 is 0 Å². The highest BCUT2D eigenvalue weighted by molar-refractivity contribution is 6.31. The summed E-state index contributed by atoms with van der Waals surface area (Å²) < 4.78 is 21.1. The summed E-state index contributed by atoms with van der Waals surface area (Å²) in [6.45, 7) is 7.04. The molecule has 0 bridgehead atoms. The summed E-state index contributed by atoms with van der Waals surface area (Å²) in [5.74, 6) is 0.566. The normalized spacial score (nSPS) is 10.9. The lowest BCUT2D eigenvalue weighted by Crippen LogP contribution is -2.32. The van der Waals surface area contributed by atoms with Gasteiger partial charge in [-0.2, -0.15) is 0 Å². The van der Waals surface area contributed by atoms with Crippen LogP contribution in [0.3, 0.4) is 0 Å². The van der Waals surface area contributed by atoms with E-state index in [1.54, 1.807) is 35.2 Å². The second-order valence-corrected chi connectivity index (χ2v) is 7.07. The SMILES string of the molecule is C=CCN(Cc1nc2ccc(F)cc2n1CCC)C(=O)c1cc(Cl)ccc1OC. The first-order valence-corrected chi connectivity index (χ1v) is 9.74. The van der Waals surface area contributed by atoms with Crippen molar-refractivity contribution in [3.63, 3.8) is 0 Å². The molecular weight excluding hydrogens is 393 g/mol. The van der Waals surface area contributed by atoms with E-state index in [2.05, 4.69) is 11.6 Å². The van der Waals surface area contributed by atoms with Crippen LogP contribution in [0.2, 0.25) is 5.02 Å². The predicted octanol–water partition coefficient (Wildman–Crippen LogP) is 5.08. The first kappa shape index (κ1) is 20.9. The second-order valence-electron chi connectivity index (χ2n) is 6.63. The molecule has 1 heterocycles. The molecule has 0 saturated carbocycles. The maximum Gasteiger partial charge on any atom is 0.258 e. The third-order valence-corrected chi connectivity index (χ3v) is 4.83. The van der Waals surface area contributed by atoms with Crippen LogP contribution in [0.15, 0.2) is 49.1 Å². The molecule has 0 atom stereocenters. The molecule has 152 valence electrons. The van der Waals surface area contributed by atoms with Crippen molar-refractivity contribution < 1.29 is 13.9 Å². The number of methoxy groups -OCH3 is 1. The van der Waals surface area contributed by atoms with Crippen LogP contribution in [-0.2, 0) is 13.1 Å². The summed E-state index contributed by atoms with van der Waals surface area (Å²) >= 11 is 6.10. The number of hydrogen-bond acceptors (Lipinski definition) is 3. The quantitative estimate of drug-likeness (QED) is 0.482. The maximum atomic E-state index is 13.8. The summed E-state index contributed by atoms with van der Waals surface area (Å²) in [6.07, 6.45) is 2.51. The van der Waals surface area contributed by atoms with Gasteiger partial charge in [0.2, 0.25) is 0 Å². The summed E-state index contributed by atoms with van der Waals surface area (Å²) in [5.41, 5.74) is 1.78. The molecule has 5 nitrogen and oxygen atoms in total. The van der Waals surface area contributed by atoms with Crippen molar-refractivity contribution in [2.75, 3.05) is 13.7 Å². The van der Waals surface area contributed by atoms with Crippen molar-refractivity contribution >= 4 is 28.5 Å². The van der Waals surface area contributed by atoms with E-state index in [0.717, 1.165) is 6.42 Å². The molecular formula is C22H23ClFN3O2. The number of benzene rings is 2. The Bertz CT molecular complexity index is 1050. The molecule has 3 rings (SSSR count). The van der Waals surface area contributed by atoms with Crippen LogP contribution >= 0.6 is 11.6 Å². The Labute approximate surface area is 174 Å². The van der Waals surface area contributed by atoms with Crippen LogP contribution in [0.4, 0.5) is 4.39 Å². The Kier molecular flexibility index (Phi) is 6.54. The van der Waals surface area contributed by atoms with Crippen LogP contribution in [0.25, 0.3) is 11.0 Å². The third kappa shape index (κ3) is 4.43. The van der Waals surface area contributed by atoms with Crippen LogP contribution in [-0.4, -0.2) is 34.0 Å². The molecule has 3 aromatic rings. The van der Waals surface area contributed by atoms with Gasteiger partial charge in [-0.1, -0.05) is 24.6 Å². The van der Waals surface area contributed by atoms with Gasteiger partial charge in [0.05, 0.1) is 30.3 Å². The largest absolute Gasteiger partial charge is 0.496 e. The monoisotopic (exact) mass is 415 g/mol. The maximum absolute atomic E-state index is 13.8. The molecule has 0 unspecified atom stereocenters. The van der Waals surface area contributed by atoms with Crippen LogP contribution < -0.4 is 4.74 Å². The Morgan fingerprint density at radius 3 is 2.83 bits per heavy atom. The van der Waals surface area contributed by atoms with E-state index in [0.29, 0.717) is 46.3 Å². The zero-order valence-corrected chi connectivity index (χ0v) is 17.2. The van der Waals surface area contributed by atoms with E-state index in [4.69, 9.17) is 16.3 Å². The van der Waals surface area contributed by atoms with Gasteiger partial charge in [0, 0.05) is 18.1 Å².